The molecule has 3 rings (SSSR count). The third-order valence-electron chi connectivity index (χ3n) is 4.08. The zero-order valence-electron chi connectivity index (χ0n) is 12.3. The Morgan fingerprint density at radius 3 is 2.71 bits per heavy atom. The molecular formula is C16H19BrFN3. The maximum atomic E-state index is 13.5. The van der Waals surface area contributed by atoms with E-state index in [1.807, 2.05) is 13.8 Å². The van der Waals surface area contributed by atoms with Crippen molar-refractivity contribution in [2.75, 3.05) is 5.32 Å². The fourth-order valence-corrected chi connectivity index (χ4v) is 3.31. The number of halogens is 2. The zero-order chi connectivity index (χ0) is 15.0. The minimum absolute atomic E-state index is 0.242. The lowest BCUT2D eigenvalue weighted by molar-refractivity contribution is 0.524. The van der Waals surface area contributed by atoms with E-state index in [0.29, 0.717) is 10.5 Å². The summed E-state index contributed by atoms with van der Waals surface area (Å²) in [5, 5.41) is 3.36. The van der Waals surface area contributed by atoms with Gasteiger partial charge in [-0.15, -0.1) is 0 Å². The first-order valence-electron chi connectivity index (χ1n) is 7.33. The van der Waals surface area contributed by atoms with E-state index in [2.05, 4.69) is 37.0 Å². The van der Waals surface area contributed by atoms with E-state index in [4.69, 9.17) is 0 Å². The highest BCUT2D eigenvalue weighted by Gasteiger charge is 2.20. The second-order valence-corrected chi connectivity index (χ2v) is 6.61. The summed E-state index contributed by atoms with van der Waals surface area (Å²) in [4.78, 5) is 4.59. The van der Waals surface area contributed by atoms with E-state index in [0.717, 1.165) is 22.9 Å². The molecular weight excluding hydrogens is 333 g/mol. The van der Waals surface area contributed by atoms with E-state index >= 15 is 0 Å². The van der Waals surface area contributed by atoms with E-state index in [9.17, 15) is 4.39 Å². The van der Waals surface area contributed by atoms with Crippen LogP contribution in [0, 0.1) is 19.7 Å². The molecule has 0 spiro atoms. The molecule has 1 fully saturated rings. The summed E-state index contributed by atoms with van der Waals surface area (Å²) in [5.41, 5.74) is 2.76. The number of imidazole rings is 1. The van der Waals surface area contributed by atoms with Crippen molar-refractivity contribution in [3.63, 3.8) is 0 Å². The van der Waals surface area contributed by atoms with Crippen LogP contribution in [0.1, 0.15) is 43.0 Å². The van der Waals surface area contributed by atoms with E-state index < -0.39 is 0 Å². The molecule has 0 aliphatic heterocycles. The molecule has 0 atom stereocenters. The molecule has 0 radical (unpaired) electrons. The first-order chi connectivity index (χ1) is 10.0. The molecule has 1 aliphatic carbocycles. The number of rotatable bonds is 3. The van der Waals surface area contributed by atoms with Gasteiger partial charge >= 0.3 is 0 Å². The van der Waals surface area contributed by atoms with Crippen molar-refractivity contribution in [1.82, 2.24) is 9.55 Å². The van der Waals surface area contributed by atoms with Crippen molar-refractivity contribution in [1.29, 1.82) is 0 Å². The Bertz CT molecular complexity index is 660. The lowest BCUT2D eigenvalue weighted by Crippen LogP contribution is -2.08. The first kappa shape index (κ1) is 14.6. The Balaban J connectivity index is 1.93. The molecule has 2 aromatic rings. The van der Waals surface area contributed by atoms with Crippen molar-refractivity contribution in [2.24, 2.45) is 0 Å². The highest BCUT2D eigenvalue weighted by Crippen LogP contribution is 2.34. The van der Waals surface area contributed by atoms with Crippen molar-refractivity contribution >= 4 is 27.6 Å². The van der Waals surface area contributed by atoms with Gasteiger partial charge in [-0.2, -0.15) is 0 Å². The summed E-state index contributed by atoms with van der Waals surface area (Å²) in [7, 11) is 0. The van der Waals surface area contributed by atoms with Gasteiger partial charge in [-0.25, -0.2) is 9.37 Å². The second-order valence-electron chi connectivity index (χ2n) is 5.76. The second kappa shape index (κ2) is 5.79. The summed E-state index contributed by atoms with van der Waals surface area (Å²) in [6, 6.07) is 3.83. The quantitative estimate of drug-likeness (QED) is 0.817. The monoisotopic (exact) mass is 351 g/mol. The lowest BCUT2D eigenvalue weighted by atomic mass is 10.2. The number of benzene rings is 1. The van der Waals surface area contributed by atoms with Gasteiger partial charge in [0.05, 0.1) is 10.2 Å². The summed E-state index contributed by atoms with van der Waals surface area (Å²) in [5.74, 6) is 0.606. The van der Waals surface area contributed by atoms with Gasteiger partial charge in [-0.1, -0.05) is 12.8 Å². The molecule has 1 heterocycles. The van der Waals surface area contributed by atoms with Crippen molar-refractivity contribution < 1.29 is 4.39 Å². The molecule has 1 saturated carbocycles. The number of hydrogen-bond acceptors (Lipinski definition) is 2. The van der Waals surface area contributed by atoms with Crippen LogP contribution >= 0.6 is 15.9 Å². The van der Waals surface area contributed by atoms with Crippen LogP contribution in [-0.2, 0) is 0 Å². The maximum absolute atomic E-state index is 13.5. The van der Waals surface area contributed by atoms with Gasteiger partial charge in [0, 0.05) is 17.9 Å². The number of anilines is 2. The average Bonchev–Trinajstić information content (AvgIpc) is 3.05. The van der Waals surface area contributed by atoms with Gasteiger partial charge in [-0.05, 0) is 60.3 Å². The van der Waals surface area contributed by atoms with Crippen LogP contribution < -0.4 is 5.32 Å². The first-order valence-corrected chi connectivity index (χ1v) is 8.12. The molecule has 0 unspecified atom stereocenters. The van der Waals surface area contributed by atoms with Crippen molar-refractivity contribution in [3.8, 4) is 0 Å². The Morgan fingerprint density at radius 1 is 1.29 bits per heavy atom. The van der Waals surface area contributed by atoms with E-state index in [1.54, 1.807) is 6.07 Å². The molecule has 1 aromatic heterocycles. The van der Waals surface area contributed by atoms with Crippen molar-refractivity contribution in [3.05, 3.63) is 39.9 Å². The highest BCUT2D eigenvalue weighted by atomic mass is 79.9. The molecule has 0 amide bonds. The number of nitrogens with one attached hydrogen (secondary N) is 1. The fourth-order valence-electron chi connectivity index (χ4n) is 2.97. The van der Waals surface area contributed by atoms with Crippen LogP contribution in [0.2, 0.25) is 0 Å². The van der Waals surface area contributed by atoms with Gasteiger partial charge in [-0.3, -0.25) is 0 Å². The normalized spacial score (nSPS) is 15.6. The lowest BCUT2D eigenvalue weighted by Gasteiger charge is -2.17. The van der Waals surface area contributed by atoms with Crippen LogP contribution in [0.5, 0.6) is 0 Å². The highest BCUT2D eigenvalue weighted by molar-refractivity contribution is 9.10. The SMILES string of the molecule is Cc1cn(C2CCCC2)c(Nc2cc(Br)c(F)cc2C)n1. The summed E-state index contributed by atoms with van der Waals surface area (Å²) >= 11 is 3.24. The minimum atomic E-state index is -0.242. The summed E-state index contributed by atoms with van der Waals surface area (Å²) in [6.07, 6.45) is 7.07. The smallest absolute Gasteiger partial charge is 0.207 e. The molecule has 1 aliphatic rings. The molecule has 3 nitrogen and oxygen atoms in total. The van der Waals surface area contributed by atoms with E-state index in [1.165, 1.54) is 31.7 Å². The predicted molar refractivity (Wildman–Crippen MR) is 86.6 cm³/mol. The van der Waals surface area contributed by atoms with Gasteiger partial charge in [0.15, 0.2) is 0 Å². The third kappa shape index (κ3) is 2.98. The van der Waals surface area contributed by atoms with Crippen LogP contribution in [-0.4, -0.2) is 9.55 Å². The predicted octanol–water partition coefficient (Wildman–Crippen LogP) is 5.26. The topological polar surface area (TPSA) is 29.9 Å². The van der Waals surface area contributed by atoms with E-state index in [-0.39, 0.29) is 5.82 Å². The molecule has 1 N–H and O–H groups in total. The van der Waals surface area contributed by atoms with Crippen LogP contribution in [0.4, 0.5) is 16.0 Å². The largest absolute Gasteiger partial charge is 0.325 e. The van der Waals surface area contributed by atoms with Crippen LogP contribution in [0.3, 0.4) is 0 Å². The Labute approximate surface area is 132 Å². The third-order valence-corrected chi connectivity index (χ3v) is 4.69. The van der Waals surface area contributed by atoms with Crippen molar-refractivity contribution in [2.45, 2.75) is 45.6 Å². The van der Waals surface area contributed by atoms with Gasteiger partial charge in [0.2, 0.25) is 5.95 Å². The minimum Gasteiger partial charge on any atom is -0.325 e. The average molecular weight is 352 g/mol. The molecule has 21 heavy (non-hydrogen) atoms. The number of aryl methyl sites for hydroxylation is 2. The Kier molecular flexibility index (Phi) is 4.02. The molecule has 0 saturated heterocycles. The summed E-state index contributed by atoms with van der Waals surface area (Å²) < 4.78 is 16.2. The van der Waals surface area contributed by atoms with Gasteiger partial charge in [0.1, 0.15) is 5.82 Å². The molecule has 0 bridgehead atoms. The molecule has 112 valence electrons. The number of aromatic nitrogens is 2. The zero-order valence-corrected chi connectivity index (χ0v) is 13.9. The fraction of sp³-hybridized carbons (Fsp3) is 0.438. The van der Waals surface area contributed by atoms with Crippen LogP contribution in [0.15, 0.2) is 22.8 Å². The Morgan fingerprint density at radius 2 is 2.00 bits per heavy atom. The Hall–Kier alpha value is -1.36. The number of nitrogens with zero attached hydrogens (tertiary/aromatic N) is 2. The molecule has 5 heteroatoms. The number of hydrogen-bond donors (Lipinski definition) is 1. The van der Waals surface area contributed by atoms with Gasteiger partial charge < -0.3 is 9.88 Å². The summed E-state index contributed by atoms with van der Waals surface area (Å²) in [6.45, 7) is 3.90. The standard InChI is InChI=1S/C16H19BrFN3/c1-10-7-14(18)13(17)8-15(10)20-16-19-11(2)9-21(16)12-5-3-4-6-12/h7-9,12H,3-6H2,1-2H3,(H,19,20). The maximum Gasteiger partial charge on any atom is 0.207 e. The van der Waals surface area contributed by atoms with Gasteiger partial charge in [0.25, 0.3) is 0 Å². The molecule has 1 aromatic carbocycles. The van der Waals surface area contributed by atoms with Crippen LogP contribution in [0.25, 0.3) is 0 Å².